The summed E-state index contributed by atoms with van der Waals surface area (Å²) in [6.07, 6.45) is 1.92. The van der Waals surface area contributed by atoms with Gasteiger partial charge in [-0.25, -0.2) is 0 Å². The smallest absolute Gasteiger partial charge is 0.203 e. The number of aromatic amines is 1. The normalized spacial score (nSPS) is 10.7. The fourth-order valence-corrected chi connectivity index (χ4v) is 2.41. The molecule has 0 atom stereocenters. The van der Waals surface area contributed by atoms with Crippen LogP contribution in [0.3, 0.4) is 0 Å². The first-order valence-corrected chi connectivity index (χ1v) is 6.26. The van der Waals surface area contributed by atoms with E-state index in [9.17, 15) is 5.11 Å². The Balaban J connectivity index is 2.22. The van der Waals surface area contributed by atoms with Crippen LogP contribution in [-0.2, 0) is 0 Å². The van der Waals surface area contributed by atoms with Gasteiger partial charge in [0.2, 0.25) is 5.75 Å². The highest BCUT2D eigenvalue weighted by Crippen LogP contribution is 2.41. The van der Waals surface area contributed by atoms with E-state index in [4.69, 9.17) is 9.47 Å². The fraction of sp³-hybridized carbons (Fsp3) is 0.125. The molecule has 2 aromatic carbocycles. The zero-order valence-electron chi connectivity index (χ0n) is 11.3. The lowest BCUT2D eigenvalue weighted by molar-refractivity contribution is 0.333. The summed E-state index contributed by atoms with van der Waals surface area (Å²) in [5, 5.41) is 11.2. The number of rotatable bonds is 3. The lowest BCUT2D eigenvalue weighted by Gasteiger charge is -2.11. The number of phenolic OH excluding ortho intramolecular Hbond substituents is 1. The summed E-state index contributed by atoms with van der Waals surface area (Å²) in [7, 11) is 3.05. The summed E-state index contributed by atoms with van der Waals surface area (Å²) in [4.78, 5) is 3.22. The molecular formula is C16H15NO3. The SMILES string of the molecule is COc1cc(-c2c[nH]c3ccccc23)cc(O)c1OC. The molecule has 0 amide bonds. The largest absolute Gasteiger partial charge is 0.504 e. The number of H-pyrrole nitrogens is 1. The molecular weight excluding hydrogens is 254 g/mol. The Hall–Kier alpha value is -2.62. The molecule has 4 heteroatoms. The molecule has 2 N–H and O–H groups in total. The van der Waals surface area contributed by atoms with Crippen LogP contribution >= 0.6 is 0 Å². The Morgan fingerprint density at radius 2 is 1.85 bits per heavy atom. The van der Waals surface area contributed by atoms with E-state index in [-0.39, 0.29) is 5.75 Å². The Labute approximate surface area is 116 Å². The van der Waals surface area contributed by atoms with Gasteiger partial charge in [-0.2, -0.15) is 0 Å². The van der Waals surface area contributed by atoms with Gasteiger partial charge in [0, 0.05) is 22.7 Å². The van der Waals surface area contributed by atoms with Crippen LogP contribution in [0.15, 0.2) is 42.6 Å². The minimum atomic E-state index is 0.0622. The van der Waals surface area contributed by atoms with Crippen molar-refractivity contribution in [2.75, 3.05) is 14.2 Å². The van der Waals surface area contributed by atoms with Crippen molar-refractivity contribution < 1.29 is 14.6 Å². The molecule has 0 saturated heterocycles. The van der Waals surface area contributed by atoms with Gasteiger partial charge in [0.25, 0.3) is 0 Å². The van der Waals surface area contributed by atoms with Gasteiger partial charge >= 0.3 is 0 Å². The van der Waals surface area contributed by atoms with E-state index < -0.39 is 0 Å². The van der Waals surface area contributed by atoms with E-state index in [1.807, 2.05) is 36.5 Å². The summed E-state index contributed by atoms with van der Waals surface area (Å²) in [5.74, 6) is 0.913. The van der Waals surface area contributed by atoms with Gasteiger partial charge in [0.1, 0.15) is 0 Å². The molecule has 0 unspecified atom stereocenters. The van der Waals surface area contributed by atoms with Gasteiger partial charge < -0.3 is 19.6 Å². The first-order valence-electron chi connectivity index (χ1n) is 6.26. The number of hydrogen-bond acceptors (Lipinski definition) is 3. The number of benzene rings is 2. The van der Waals surface area contributed by atoms with E-state index in [2.05, 4.69) is 4.98 Å². The summed E-state index contributed by atoms with van der Waals surface area (Å²) in [5.41, 5.74) is 2.94. The summed E-state index contributed by atoms with van der Waals surface area (Å²) >= 11 is 0. The molecule has 102 valence electrons. The quantitative estimate of drug-likeness (QED) is 0.764. The molecule has 0 radical (unpaired) electrons. The molecule has 0 bridgehead atoms. The van der Waals surface area contributed by atoms with Crippen molar-refractivity contribution in [2.24, 2.45) is 0 Å². The van der Waals surface area contributed by atoms with E-state index >= 15 is 0 Å². The van der Waals surface area contributed by atoms with Gasteiger partial charge in [-0.05, 0) is 23.8 Å². The first-order chi connectivity index (χ1) is 9.74. The maximum absolute atomic E-state index is 10.1. The zero-order valence-corrected chi connectivity index (χ0v) is 11.3. The standard InChI is InChI=1S/C16H15NO3/c1-19-15-8-10(7-14(18)16(15)20-2)12-9-17-13-6-4-3-5-11(12)13/h3-9,17-18H,1-2H3. The second-order valence-corrected chi connectivity index (χ2v) is 4.48. The highest BCUT2D eigenvalue weighted by atomic mass is 16.5. The van der Waals surface area contributed by atoms with Crippen LogP contribution in [0.2, 0.25) is 0 Å². The molecule has 0 saturated carbocycles. The van der Waals surface area contributed by atoms with Crippen molar-refractivity contribution in [3.05, 3.63) is 42.6 Å². The van der Waals surface area contributed by atoms with Gasteiger partial charge in [0.15, 0.2) is 11.5 Å². The van der Waals surface area contributed by atoms with Crippen LogP contribution in [0, 0.1) is 0 Å². The number of methoxy groups -OCH3 is 2. The lowest BCUT2D eigenvalue weighted by atomic mass is 10.0. The molecule has 20 heavy (non-hydrogen) atoms. The van der Waals surface area contributed by atoms with Crippen molar-refractivity contribution in [1.82, 2.24) is 4.98 Å². The van der Waals surface area contributed by atoms with Crippen LogP contribution in [0.5, 0.6) is 17.2 Å². The maximum Gasteiger partial charge on any atom is 0.203 e. The van der Waals surface area contributed by atoms with Crippen LogP contribution in [-0.4, -0.2) is 24.3 Å². The van der Waals surface area contributed by atoms with Crippen LogP contribution in [0.25, 0.3) is 22.0 Å². The number of ether oxygens (including phenoxy) is 2. The van der Waals surface area contributed by atoms with E-state index in [1.165, 1.54) is 7.11 Å². The third kappa shape index (κ3) is 1.86. The molecule has 3 aromatic rings. The molecule has 0 aliphatic carbocycles. The minimum absolute atomic E-state index is 0.0622. The highest BCUT2D eigenvalue weighted by molar-refractivity contribution is 5.96. The second-order valence-electron chi connectivity index (χ2n) is 4.48. The molecule has 0 spiro atoms. The van der Waals surface area contributed by atoms with Crippen molar-refractivity contribution in [3.8, 4) is 28.4 Å². The van der Waals surface area contributed by atoms with Crippen LogP contribution in [0.1, 0.15) is 0 Å². The third-order valence-corrected chi connectivity index (χ3v) is 3.36. The number of fused-ring (bicyclic) bond motifs is 1. The van der Waals surface area contributed by atoms with Crippen molar-refractivity contribution >= 4 is 10.9 Å². The fourth-order valence-electron chi connectivity index (χ4n) is 2.41. The van der Waals surface area contributed by atoms with E-state index in [1.54, 1.807) is 13.2 Å². The van der Waals surface area contributed by atoms with Crippen LogP contribution < -0.4 is 9.47 Å². The molecule has 0 aliphatic heterocycles. The lowest BCUT2D eigenvalue weighted by Crippen LogP contribution is -1.91. The predicted molar refractivity (Wildman–Crippen MR) is 78.5 cm³/mol. The first kappa shape index (κ1) is 12.4. The Bertz CT molecular complexity index is 762. The molecule has 4 nitrogen and oxygen atoms in total. The molecule has 0 aliphatic rings. The number of hydrogen-bond donors (Lipinski definition) is 2. The second kappa shape index (κ2) is 4.81. The van der Waals surface area contributed by atoms with E-state index in [0.717, 1.165) is 22.0 Å². The molecule has 0 fully saturated rings. The predicted octanol–water partition coefficient (Wildman–Crippen LogP) is 3.56. The monoisotopic (exact) mass is 269 g/mol. The number of nitrogens with one attached hydrogen (secondary N) is 1. The maximum atomic E-state index is 10.1. The Morgan fingerprint density at radius 1 is 1.05 bits per heavy atom. The average Bonchev–Trinajstić information content (AvgIpc) is 2.90. The van der Waals surface area contributed by atoms with Gasteiger partial charge in [-0.1, -0.05) is 18.2 Å². The summed E-state index contributed by atoms with van der Waals surface area (Å²) in [6.45, 7) is 0. The third-order valence-electron chi connectivity index (χ3n) is 3.36. The minimum Gasteiger partial charge on any atom is -0.504 e. The highest BCUT2D eigenvalue weighted by Gasteiger charge is 2.14. The molecule has 3 rings (SSSR count). The zero-order chi connectivity index (χ0) is 14.1. The van der Waals surface area contributed by atoms with Crippen molar-refractivity contribution in [1.29, 1.82) is 0 Å². The average molecular weight is 269 g/mol. The van der Waals surface area contributed by atoms with Gasteiger partial charge in [-0.3, -0.25) is 0 Å². The van der Waals surface area contributed by atoms with E-state index in [0.29, 0.717) is 11.5 Å². The van der Waals surface area contributed by atoms with Crippen LogP contribution in [0.4, 0.5) is 0 Å². The van der Waals surface area contributed by atoms with Crippen molar-refractivity contribution in [3.63, 3.8) is 0 Å². The number of para-hydroxylation sites is 1. The topological polar surface area (TPSA) is 54.5 Å². The Morgan fingerprint density at radius 3 is 2.60 bits per heavy atom. The van der Waals surface area contributed by atoms with Crippen molar-refractivity contribution in [2.45, 2.75) is 0 Å². The Kier molecular flexibility index (Phi) is 2.99. The molecule has 1 heterocycles. The molecule has 1 aromatic heterocycles. The van der Waals surface area contributed by atoms with Gasteiger partial charge in [0.05, 0.1) is 14.2 Å². The van der Waals surface area contributed by atoms with Gasteiger partial charge in [-0.15, -0.1) is 0 Å². The summed E-state index contributed by atoms with van der Waals surface area (Å²) < 4.78 is 10.4. The number of aromatic nitrogens is 1. The number of aromatic hydroxyl groups is 1. The number of phenols is 1. The summed E-state index contributed by atoms with van der Waals surface area (Å²) in [6, 6.07) is 11.6.